The molecule has 0 radical (unpaired) electrons. The Bertz CT molecular complexity index is 903. The number of quaternary nitrogens is 1. The van der Waals surface area contributed by atoms with Crippen molar-refractivity contribution in [1.29, 1.82) is 0 Å². The standard InChI is InChI=1S/C23H27N3O4/c1-3-18-6-4-5-7-21(18)24-22(28)16-25-12-14-26(15-13-25)23(29)19-8-10-20(11-9-19)30-17(2)27/h4-11H,3,12-16H2,1-2H3,(H,24,28)/p+1. The summed E-state index contributed by atoms with van der Waals surface area (Å²) in [5.41, 5.74) is 2.55. The molecule has 158 valence electrons. The molecule has 0 aliphatic carbocycles. The number of carbonyl (C=O) groups excluding carboxylic acids is 3. The van der Waals surface area contributed by atoms with Crippen LogP contribution in [0.3, 0.4) is 0 Å². The van der Waals surface area contributed by atoms with E-state index >= 15 is 0 Å². The largest absolute Gasteiger partial charge is 0.427 e. The lowest BCUT2D eigenvalue weighted by Crippen LogP contribution is -3.15. The van der Waals surface area contributed by atoms with Crippen molar-refractivity contribution in [2.45, 2.75) is 20.3 Å². The third-order valence-electron chi connectivity index (χ3n) is 5.20. The Morgan fingerprint density at radius 1 is 1.03 bits per heavy atom. The first-order valence-corrected chi connectivity index (χ1v) is 10.3. The number of aryl methyl sites for hydroxylation is 1. The molecular formula is C23H28N3O4+. The van der Waals surface area contributed by atoms with Crippen molar-refractivity contribution in [3.63, 3.8) is 0 Å². The topological polar surface area (TPSA) is 80.2 Å². The molecule has 0 saturated carbocycles. The molecule has 1 aliphatic heterocycles. The van der Waals surface area contributed by atoms with Crippen LogP contribution in [0.5, 0.6) is 5.75 Å². The zero-order valence-corrected chi connectivity index (χ0v) is 17.4. The van der Waals surface area contributed by atoms with Gasteiger partial charge in [-0.3, -0.25) is 14.4 Å². The molecule has 7 nitrogen and oxygen atoms in total. The molecule has 1 aliphatic rings. The maximum atomic E-state index is 12.7. The van der Waals surface area contributed by atoms with Crippen molar-refractivity contribution in [2.24, 2.45) is 0 Å². The first kappa shape index (κ1) is 21.5. The normalized spacial score (nSPS) is 14.3. The highest BCUT2D eigenvalue weighted by atomic mass is 16.5. The van der Waals surface area contributed by atoms with Gasteiger partial charge in [0.25, 0.3) is 11.8 Å². The van der Waals surface area contributed by atoms with Gasteiger partial charge in [-0.05, 0) is 42.3 Å². The molecule has 7 heteroatoms. The van der Waals surface area contributed by atoms with Crippen molar-refractivity contribution in [1.82, 2.24) is 4.90 Å². The number of nitrogens with zero attached hydrogens (tertiary/aromatic N) is 1. The fourth-order valence-corrected chi connectivity index (χ4v) is 3.59. The van der Waals surface area contributed by atoms with Crippen LogP contribution in [0, 0.1) is 0 Å². The van der Waals surface area contributed by atoms with E-state index in [1.165, 1.54) is 6.92 Å². The van der Waals surface area contributed by atoms with Crippen LogP contribution in [0.25, 0.3) is 0 Å². The maximum Gasteiger partial charge on any atom is 0.308 e. The number of para-hydroxylation sites is 1. The lowest BCUT2D eigenvalue weighted by Gasteiger charge is -2.32. The van der Waals surface area contributed by atoms with Gasteiger partial charge in [0, 0.05) is 18.2 Å². The van der Waals surface area contributed by atoms with Crippen molar-refractivity contribution in [3.8, 4) is 5.75 Å². The van der Waals surface area contributed by atoms with Gasteiger partial charge in [0.15, 0.2) is 6.54 Å². The van der Waals surface area contributed by atoms with Crippen LogP contribution in [0.1, 0.15) is 29.8 Å². The van der Waals surface area contributed by atoms with E-state index in [2.05, 4.69) is 12.2 Å². The van der Waals surface area contributed by atoms with Crippen LogP contribution in [0.4, 0.5) is 5.69 Å². The van der Waals surface area contributed by atoms with Crippen molar-refractivity contribution < 1.29 is 24.0 Å². The predicted molar refractivity (Wildman–Crippen MR) is 114 cm³/mol. The number of anilines is 1. The fourth-order valence-electron chi connectivity index (χ4n) is 3.59. The van der Waals surface area contributed by atoms with Gasteiger partial charge in [0.05, 0.1) is 26.2 Å². The maximum absolute atomic E-state index is 12.7. The number of nitrogens with one attached hydrogen (secondary N) is 2. The van der Waals surface area contributed by atoms with Gasteiger partial charge in [0.2, 0.25) is 0 Å². The third-order valence-corrected chi connectivity index (χ3v) is 5.20. The molecule has 0 spiro atoms. The van der Waals surface area contributed by atoms with E-state index < -0.39 is 5.97 Å². The van der Waals surface area contributed by atoms with Gasteiger partial charge in [0.1, 0.15) is 5.75 Å². The molecule has 1 heterocycles. The minimum absolute atomic E-state index is 0.00765. The first-order chi connectivity index (χ1) is 14.5. The summed E-state index contributed by atoms with van der Waals surface area (Å²) >= 11 is 0. The third kappa shape index (κ3) is 5.67. The smallest absolute Gasteiger partial charge is 0.308 e. The molecule has 1 saturated heterocycles. The highest BCUT2D eigenvalue weighted by Gasteiger charge is 2.26. The number of piperazine rings is 1. The Hall–Kier alpha value is -3.19. The average molecular weight is 410 g/mol. The Balaban J connectivity index is 1.49. The second-order valence-electron chi connectivity index (χ2n) is 7.40. The van der Waals surface area contributed by atoms with E-state index in [4.69, 9.17) is 4.74 Å². The lowest BCUT2D eigenvalue weighted by molar-refractivity contribution is -0.895. The average Bonchev–Trinajstić information content (AvgIpc) is 2.74. The SMILES string of the molecule is CCc1ccccc1NC(=O)C[NH+]1CCN(C(=O)c2ccc(OC(C)=O)cc2)CC1. The highest BCUT2D eigenvalue weighted by molar-refractivity contribution is 5.94. The van der Waals surface area contributed by atoms with Crippen LogP contribution < -0.4 is 15.0 Å². The van der Waals surface area contributed by atoms with E-state index in [1.807, 2.05) is 24.3 Å². The first-order valence-electron chi connectivity index (χ1n) is 10.3. The summed E-state index contributed by atoms with van der Waals surface area (Å²) in [6.45, 7) is 6.43. The van der Waals surface area contributed by atoms with Gasteiger partial charge in [-0.2, -0.15) is 0 Å². The van der Waals surface area contributed by atoms with Crippen molar-refractivity contribution in [2.75, 3.05) is 38.0 Å². The molecule has 3 rings (SSSR count). The molecule has 30 heavy (non-hydrogen) atoms. The summed E-state index contributed by atoms with van der Waals surface area (Å²) in [5, 5.41) is 3.01. The number of carbonyl (C=O) groups is 3. The number of ether oxygens (including phenoxy) is 1. The van der Waals surface area contributed by atoms with Gasteiger partial charge >= 0.3 is 5.97 Å². The molecular weight excluding hydrogens is 382 g/mol. The lowest BCUT2D eigenvalue weighted by atomic mass is 10.1. The summed E-state index contributed by atoms with van der Waals surface area (Å²) in [6, 6.07) is 14.4. The number of amides is 2. The summed E-state index contributed by atoms with van der Waals surface area (Å²) in [7, 11) is 0. The van der Waals surface area contributed by atoms with Crippen molar-refractivity contribution >= 4 is 23.5 Å². The molecule has 2 amide bonds. The van der Waals surface area contributed by atoms with Crippen LogP contribution in [-0.2, 0) is 16.0 Å². The molecule has 0 atom stereocenters. The Morgan fingerprint density at radius 3 is 2.33 bits per heavy atom. The molecule has 2 aromatic rings. The summed E-state index contributed by atoms with van der Waals surface area (Å²) in [5.74, 6) is -0.0316. The van der Waals surface area contributed by atoms with E-state index in [9.17, 15) is 14.4 Å². The van der Waals surface area contributed by atoms with E-state index in [1.54, 1.807) is 29.2 Å². The van der Waals surface area contributed by atoms with E-state index in [-0.39, 0.29) is 11.8 Å². The zero-order valence-electron chi connectivity index (χ0n) is 17.4. The number of esters is 1. The summed E-state index contributed by atoms with van der Waals surface area (Å²) < 4.78 is 5.00. The van der Waals surface area contributed by atoms with Crippen LogP contribution >= 0.6 is 0 Å². The number of rotatable bonds is 6. The Labute approximate surface area is 176 Å². The van der Waals surface area contributed by atoms with Crippen molar-refractivity contribution in [3.05, 3.63) is 59.7 Å². The molecule has 0 aromatic heterocycles. The van der Waals surface area contributed by atoms with Gasteiger partial charge in [-0.1, -0.05) is 25.1 Å². The Morgan fingerprint density at radius 2 is 1.70 bits per heavy atom. The Kier molecular flexibility index (Phi) is 7.19. The summed E-state index contributed by atoms with van der Waals surface area (Å²) in [4.78, 5) is 39.1. The number of hydrogen-bond donors (Lipinski definition) is 2. The second kappa shape index (κ2) is 10.0. The fraction of sp³-hybridized carbons (Fsp3) is 0.348. The molecule has 0 unspecified atom stereocenters. The number of benzene rings is 2. The monoisotopic (exact) mass is 410 g/mol. The van der Waals surface area contributed by atoms with Gasteiger partial charge in [-0.15, -0.1) is 0 Å². The highest BCUT2D eigenvalue weighted by Crippen LogP contribution is 2.15. The molecule has 0 bridgehead atoms. The number of hydrogen-bond acceptors (Lipinski definition) is 4. The van der Waals surface area contributed by atoms with Crippen LogP contribution in [0.2, 0.25) is 0 Å². The quantitative estimate of drug-likeness (QED) is 0.553. The van der Waals surface area contributed by atoms with E-state index in [0.717, 1.165) is 35.7 Å². The minimum Gasteiger partial charge on any atom is -0.427 e. The molecule has 2 aromatic carbocycles. The van der Waals surface area contributed by atoms with Crippen LogP contribution in [-0.4, -0.2) is 55.4 Å². The molecule has 2 N–H and O–H groups in total. The minimum atomic E-state index is -0.393. The van der Waals surface area contributed by atoms with Gasteiger partial charge in [-0.25, -0.2) is 0 Å². The van der Waals surface area contributed by atoms with E-state index in [0.29, 0.717) is 30.9 Å². The van der Waals surface area contributed by atoms with Gasteiger partial charge < -0.3 is 19.9 Å². The zero-order chi connectivity index (χ0) is 21.5. The second-order valence-corrected chi connectivity index (χ2v) is 7.40. The molecule has 1 fully saturated rings. The summed E-state index contributed by atoms with van der Waals surface area (Å²) in [6.07, 6.45) is 0.867. The van der Waals surface area contributed by atoms with Crippen LogP contribution in [0.15, 0.2) is 48.5 Å². The predicted octanol–water partition coefficient (Wildman–Crippen LogP) is 1.15.